The quantitative estimate of drug-likeness (QED) is 0.315. The van der Waals surface area contributed by atoms with E-state index >= 15 is 0 Å². The summed E-state index contributed by atoms with van der Waals surface area (Å²) >= 11 is 3.47. The summed E-state index contributed by atoms with van der Waals surface area (Å²) < 4.78 is 55.5. The third kappa shape index (κ3) is 503. The van der Waals surface area contributed by atoms with Crippen LogP contribution in [0.4, 0.5) is 0 Å². The van der Waals surface area contributed by atoms with E-state index in [9.17, 15) is 0 Å². The molecule has 0 radical (unpaired) electrons. The third-order valence-electron chi connectivity index (χ3n) is 0. The molecule has 0 saturated carbocycles. The molecule has 0 aliphatic rings. The molecule has 0 atom stereocenters. The first-order chi connectivity index (χ1) is 4.00. The van der Waals surface area contributed by atoms with Gasteiger partial charge in [0.2, 0.25) is 0 Å². The molecule has 0 unspecified atom stereocenters. The Hall–Kier alpha value is 1.42. The molecule has 0 aliphatic heterocycles. The zero-order valence-corrected chi connectivity index (χ0v) is 9.60. The molecule has 0 bridgehead atoms. The SMILES string of the molecule is O=S(=O)(O)O.O=S(O)(O)=S.[Ca+2].[H-].[H-]. The van der Waals surface area contributed by atoms with Crippen molar-refractivity contribution in [1.82, 2.24) is 0 Å². The van der Waals surface area contributed by atoms with Crippen LogP contribution < -0.4 is 0 Å². The van der Waals surface area contributed by atoms with Gasteiger partial charge in [-0.2, -0.15) is 12.6 Å². The van der Waals surface area contributed by atoms with Crippen LogP contribution >= 0.6 is 0 Å². The Labute approximate surface area is 101 Å². The van der Waals surface area contributed by atoms with Gasteiger partial charge in [-0.3, -0.25) is 18.2 Å². The van der Waals surface area contributed by atoms with Gasteiger partial charge in [-0.15, -0.1) is 0 Å². The van der Waals surface area contributed by atoms with Crippen LogP contribution in [0.25, 0.3) is 0 Å². The van der Waals surface area contributed by atoms with E-state index in [1.54, 1.807) is 0 Å². The van der Waals surface area contributed by atoms with Crippen LogP contribution in [0.3, 0.4) is 0 Å². The van der Waals surface area contributed by atoms with Crippen LogP contribution in [0.15, 0.2) is 0 Å². The second-order valence-corrected chi connectivity index (χ2v) is 3.99. The van der Waals surface area contributed by atoms with Crippen molar-refractivity contribution in [2.75, 3.05) is 0 Å². The largest absolute Gasteiger partial charge is 2.00 e. The summed E-state index contributed by atoms with van der Waals surface area (Å²) in [6.07, 6.45) is 0. The molecule has 0 heterocycles. The van der Waals surface area contributed by atoms with Gasteiger partial charge in [0.25, 0.3) is 9.05 Å². The summed E-state index contributed by atoms with van der Waals surface area (Å²) in [6.45, 7) is 0. The van der Waals surface area contributed by atoms with Crippen molar-refractivity contribution >= 4 is 68.4 Å². The Morgan fingerprint density at radius 1 is 1.00 bits per heavy atom. The molecule has 0 aliphatic carbocycles. The van der Waals surface area contributed by atoms with Gasteiger partial charge >= 0.3 is 48.1 Å². The van der Waals surface area contributed by atoms with Gasteiger partial charge < -0.3 is 2.85 Å². The zero-order valence-electron chi connectivity index (χ0n) is 6.95. The van der Waals surface area contributed by atoms with Gasteiger partial charge in [-0.1, -0.05) is 0 Å². The van der Waals surface area contributed by atoms with Gasteiger partial charge in [0.05, 0.1) is 0 Å². The smallest absolute Gasteiger partial charge is 1.00 e. The molecule has 0 spiro atoms. The average Bonchev–Trinajstić information content (AvgIpc) is 1.12. The van der Waals surface area contributed by atoms with Crippen molar-refractivity contribution in [2.24, 2.45) is 0 Å². The van der Waals surface area contributed by atoms with Crippen LogP contribution in [-0.4, -0.2) is 68.6 Å². The number of hydrogen-bond acceptors (Lipinski definition) is 4. The molecular weight excluding hydrogens is 248 g/mol. The Morgan fingerprint density at radius 3 is 1.00 bits per heavy atom. The summed E-state index contributed by atoms with van der Waals surface area (Å²) in [5.41, 5.74) is 0. The van der Waals surface area contributed by atoms with Gasteiger partial charge in [0.15, 0.2) is 0 Å². The molecule has 0 aromatic carbocycles. The molecule has 4 N–H and O–H groups in total. The summed E-state index contributed by atoms with van der Waals surface area (Å²) in [4.78, 5) is 0. The fourth-order valence-corrected chi connectivity index (χ4v) is 0. The minimum atomic E-state index is -4.67. The Balaban J connectivity index is -0.0000000267. The number of rotatable bonds is 0. The maximum absolute atomic E-state index is 9.11. The minimum Gasteiger partial charge on any atom is -1.00 e. The summed E-state index contributed by atoms with van der Waals surface area (Å²) in [5.74, 6) is 0. The predicted octanol–water partition coefficient (Wildman–Crippen LogP) is -1.13. The molecule has 0 fully saturated rings. The van der Waals surface area contributed by atoms with E-state index in [-0.39, 0.29) is 40.6 Å². The molecule has 0 aromatic heterocycles. The summed E-state index contributed by atoms with van der Waals surface area (Å²) in [7, 11) is -8.50. The predicted molar refractivity (Wildman–Crippen MR) is 42.9 cm³/mol. The van der Waals surface area contributed by atoms with E-state index in [0.717, 1.165) is 0 Å². The second kappa shape index (κ2) is 6.88. The van der Waals surface area contributed by atoms with E-state index in [1.807, 2.05) is 0 Å². The van der Waals surface area contributed by atoms with Gasteiger partial charge in [0, 0.05) is 11.2 Å². The number of hydrogen-bond donors (Lipinski definition) is 4. The van der Waals surface area contributed by atoms with Gasteiger partial charge in [0.1, 0.15) is 0 Å². The zero-order chi connectivity index (χ0) is 9.00. The van der Waals surface area contributed by atoms with Crippen LogP contribution in [0.2, 0.25) is 0 Å². The van der Waals surface area contributed by atoms with Crippen molar-refractivity contribution in [3.8, 4) is 0 Å². The normalized spacial score (nSPS) is 10.5. The van der Waals surface area contributed by atoms with Crippen molar-refractivity contribution < 1.29 is 33.7 Å². The summed E-state index contributed by atoms with van der Waals surface area (Å²) in [5, 5.41) is 0. The van der Waals surface area contributed by atoms with Crippen LogP contribution in [-0.2, 0) is 30.6 Å². The molecule has 11 heavy (non-hydrogen) atoms. The Morgan fingerprint density at radius 2 is 1.00 bits per heavy atom. The van der Waals surface area contributed by atoms with Crippen molar-refractivity contribution in [3.05, 3.63) is 0 Å². The molecule has 0 saturated heterocycles. The van der Waals surface area contributed by atoms with Crippen molar-refractivity contribution in [3.63, 3.8) is 0 Å². The van der Waals surface area contributed by atoms with E-state index < -0.39 is 19.5 Å². The standard InChI is InChI=1S/Ca.H2O4S.H2O3S2.2H/c;2*1-5(2,3)4;;/h;2*(H2,1,2,3,4);;/q+2;;;2*-1. The van der Waals surface area contributed by atoms with Gasteiger partial charge in [-0.05, 0) is 0 Å². The summed E-state index contributed by atoms with van der Waals surface area (Å²) in [6, 6.07) is 0. The first kappa shape index (κ1) is 18.3. The Kier molecular flexibility index (Phi) is 11.4. The fourth-order valence-electron chi connectivity index (χ4n) is 0. The molecular formula is H6CaO7S3. The monoisotopic (exact) mass is 254 g/mol. The molecule has 0 rings (SSSR count). The van der Waals surface area contributed by atoms with E-state index in [1.165, 1.54) is 0 Å². The van der Waals surface area contributed by atoms with Gasteiger partial charge in [-0.25, -0.2) is 0 Å². The minimum absolute atomic E-state index is 0. The van der Waals surface area contributed by atoms with Crippen molar-refractivity contribution in [1.29, 1.82) is 0 Å². The van der Waals surface area contributed by atoms with Crippen LogP contribution in [0.1, 0.15) is 2.85 Å². The third-order valence-corrected chi connectivity index (χ3v) is 0. The van der Waals surface area contributed by atoms with Crippen LogP contribution in [0.5, 0.6) is 0 Å². The van der Waals surface area contributed by atoms with E-state index in [0.29, 0.717) is 0 Å². The van der Waals surface area contributed by atoms with E-state index in [4.69, 9.17) is 30.8 Å². The molecule has 7 nitrogen and oxygen atoms in total. The van der Waals surface area contributed by atoms with Crippen LogP contribution in [0, 0.1) is 0 Å². The fraction of sp³-hybridized carbons (Fsp3) is 0. The maximum atomic E-state index is 9.11. The first-order valence-electron chi connectivity index (χ1n) is 1.40. The molecule has 0 amide bonds. The Bertz CT molecular complexity index is 218. The molecule has 68 valence electrons. The molecule has 0 aromatic rings. The second-order valence-electron chi connectivity index (χ2n) is 0.896. The van der Waals surface area contributed by atoms with E-state index in [2.05, 4.69) is 11.2 Å². The first-order valence-corrected chi connectivity index (χ1v) is 5.19. The maximum Gasteiger partial charge on any atom is 2.00 e. The average molecular weight is 254 g/mol. The molecule has 11 heteroatoms. The van der Waals surface area contributed by atoms with Crippen molar-refractivity contribution in [2.45, 2.75) is 0 Å². The topological polar surface area (TPSA) is 132 Å².